The number of aromatic nitrogens is 1. The van der Waals surface area contributed by atoms with E-state index in [1.807, 2.05) is 19.1 Å². The predicted molar refractivity (Wildman–Crippen MR) is 99.1 cm³/mol. The molecule has 1 aliphatic carbocycles. The van der Waals surface area contributed by atoms with Crippen molar-refractivity contribution in [2.24, 2.45) is 5.92 Å². The number of hydrogen-bond donors (Lipinski definition) is 2. The highest BCUT2D eigenvalue weighted by Gasteiger charge is 2.36. The summed E-state index contributed by atoms with van der Waals surface area (Å²) in [5.74, 6) is -0.492. The molecule has 7 heteroatoms. The Morgan fingerprint density at radius 1 is 1.35 bits per heavy atom. The number of ether oxygens (including phenoxy) is 2. The molecule has 1 heterocycles. The molecule has 0 saturated heterocycles. The lowest BCUT2D eigenvalue weighted by molar-refractivity contribution is -0.150. The summed E-state index contributed by atoms with van der Waals surface area (Å²) < 4.78 is 10.8. The van der Waals surface area contributed by atoms with Crippen LogP contribution in [0.2, 0.25) is 0 Å². The summed E-state index contributed by atoms with van der Waals surface area (Å²) in [5.41, 5.74) is 7.83. The largest absolute Gasteiger partial charge is 0.460 e. The number of nitrogen functional groups attached to an aromatic ring is 1. The summed E-state index contributed by atoms with van der Waals surface area (Å²) in [4.78, 5) is 27.8. The molecule has 1 amide bonds. The maximum Gasteiger partial charge on any atom is 0.408 e. The van der Waals surface area contributed by atoms with Crippen molar-refractivity contribution in [3.63, 3.8) is 0 Å². The van der Waals surface area contributed by atoms with Gasteiger partial charge in [0.25, 0.3) is 0 Å². The third-order valence-electron chi connectivity index (χ3n) is 4.02. The van der Waals surface area contributed by atoms with Crippen molar-refractivity contribution < 1.29 is 19.1 Å². The van der Waals surface area contributed by atoms with Gasteiger partial charge in [-0.1, -0.05) is 13.0 Å². The van der Waals surface area contributed by atoms with E-state index in [-0.39, 0.29) is 5.92 Å². The summed E-state index contributed by atoms with van der Waals surface area (Å²) in [5, 5.41) is 2.84. The molecule has 0 unspecified atom stereocenters. The number of hydrogen-bond acceptors (Lipinski definition) is 6. The molecule has 0 radical (unpaired) electrons. The lowest BCUT2D eigenvalue weighted by Gasteiger charge is -2.36. The van der Waals surface area contributed by atoms with Crippen LogP contribution in [0.5, 0.6) is 0 Å². The van der Waals surface area contributed by atoms with Gasteiger partial charge in [-0.25, -0.2) is 4.79 Å². The van der Waals surface area contributed by atoms with Crippen molar-refractivity contribution in [3.8, 4) is 0 Å². The van der Waals surface area contributed by atoms with Crippen LogP contribution < -0.4 is 11.1 Å². The van der Waals surface area contributed by atoms with Crippen LogP contribution in [0.15, 0.2) is 24.5 Å². The lowest BCUT2D eigenvalue weighted by atomic mass is 9.82. The molecule has 3 N–H and O–H groups in total. The molecule has 0 saturated carbocycles. The van der Waals surface area contributed by atoms with Gasteiger partial charge in [0.2, 0.25) is 0 Å². The molecular formula is C19H27N3O4. The van der Waals surface area contributed by atoms with Gasteiger partial charge in [-0.15, -0.1) is 0 Å². The second-order valence-electron chi connectivity index (χ2n) is 7.54. The fourth-order valence-electron chi connectivity index (χ4n) is 3.07. The van der Waals surface area contributed by atoms with Crippen LogP contribution >= 0.6 is 0 Å². The first-order chi connectivity index (χ1) is 12.1. The van der Waals surface area contributed by atoms with E-state index in [0.717, 1.165) is 11.1 Å². The number of anilines is 1. The normalized spacial score (nSPS) is 23.0. The van der Waals surface area contributed by atoms with E-state index in [1.54, 1.807) is 33.2 Å². The van der Waals surface area contributed by atoms with Crippen molar-refractivity contribution in [1.82, 2.24) is 10.3 Å². The lowest BCUT2D eigenvalue weighted by Crippen LogP contribution is -2.50. The minimum atomic E-state index is -0.616. The topological polar surface area (TPSA) is 104 Å². The van der Waals surface area contributed by atoms with Crippen molar-refractivity contribution in [2.45, 2.75) is 58.8 Å². The predicted octanol–water partition coefficient (Wildman–Crippen LogP) is 2.91. The number of alkyl carbamates (subject to hydrolysis) is 1. The van der Waals surface area contributed by atoms with E-state index in [0.29, 0.717) is 12.1 Å². The summed E-state index contributed by atoms with van der Waals surface area (Å²) in [6.45, 7) is 8.68. The van der Waals surface area contributed by atoms with Gasteiger partial charge in [0.15, 0.2) is 0 Å². The molecule has 0 bridgehead atoms. The van der Waals surface area contributed by atoms with E-state index < -0.39 is 29.8 Å². The van der Waals surface area contributed by atoms with Gasteiger partial charge in [-0.05, 0) is 38.8 Å². The van der Waals surface area contributed by atoms with Crippen molar-refractivity contribution in [1.29, 1.82) is 0 Å². The number of nitrogens with zero attached hydrogens (tertiary/aromatic N) is 1. The third-order valence-corrected chi connectivity index (χ3v) is 4.02. The molecule has 2 rings (SSSR count). The van der Waals surface area contributed by atoms with E-state index in [2.05, 4.69) is 10.3 Å². The summed E-state index contributed by atoms with van der Waals surface area (Å²) in [6, 6.07) is 1.42. The number of rotatable bonds is 3. The minimum absolute atomic E-state index is 0.102. The van der Waals surface area contributed by atoms with E-state index in [1.165, 1.54) is 6.92 Å². The molecule has 142 valence electrons. The van der Waals surface area contributed by atoms with Crippen LogP contribution in [0.3, 0.4) is 0 Å². The zero-order valence-electron chi connectivity index (χ0n) is 15.9. The molecule has 3 atom stereocenters. The highest BCUT2D eigenvalue weighted by molar-refractivity contribution is 5.77. The first-order valence-corrected chi connectivity index (χ1v) is 8.64. The van der Waals surface area contributed by atoms with Crippen LogP contribution in [-0.2, 0) is 14.3 Å². The maximum atomic E-state index is 12.2. The highest BCUT2D eigenvalue weighted by atomic mass is 16.6. The Labute approximate surface area is 154 Å². The molecule has 1 aromatic heterocycles. The Kier molecular flexibility index (Phi) is 5.90. The average molecular weight is 361 g/mol. The van der Waals surface area contributed by atoms with Crippen LogP contribution in [-0.4, -0.2) is 34.8 Å². The Balaban J connectivity index is 2.27. The van der Waals surface area contributed by atoms with Gasteiger partial charge in [-0.3, -0.25) is 9.78 Å². The third kappa shape index (κ3) is 5.21. The summed E-state index contributed by atoms with van der Waals surface area (Å²) in [6.07, 6.45) is 4.73. The fourth-order valence-corrected chi connectivity index (χ4v) is 3.07. The van der Waals surface area contributed by atoms with Crippen molar-refractivity contribution >= 4 is 23.3 Å². The monoisotopic (exact) mass is 361 g/mol. The number of nitrogens with two attached hydrogens (primary N) is 1. The van der Waals surface area contributed by atoms with Crippen LogP contribution in [0.25, 0.3) is 5.57 Å². The average Bonchev–Trinajstić information content (AvgIpc) is 2.48. The van der Waals surface area contributed by atoms with Gasteiger partial charge in [0.05, 0.1) is 17.9 Å². The quantitative estimate of drug-likeness (QED) is 0.802. The SMILES string of the molecule is CC(=O)O[C@H]1[C@H](C)C=C(c2ccncc2N)C[C@@H]1NC(=O)OC(C)(C)C. The number of esters is 1. The van der Waals surface area contributed by atoms with Gasteiger partial charge < -0.3 is 20.5 Å². The molecule has 1 aromatic rings. The molecule has 0 spiro atoms. The smallest absolute Gasteiger partial charge is 0.408 e. The van der Waals surface area contributed by atoms with Gasteiger partial charge in [0, 0.05) is 24.6 Å². The summed E-state index contributed by atoms with van der Waals surface area (Å²) in [7, 11) is 0. The first kappa shape index (κ1) is 19.8. The van der Waals surface area contributed by atoms with Crippen LogP contribution in [0.4, 0.5) is 10.5 Å². The Hall–Kier alpha value is -2.57. The number of amides is 1. The number of carbonyl (C=O) groups excluding carboxylic acids is 2. The first-order valence-electron chi connectivity index (χ1n) is 8.64. The van der Waals surface area contributed by atoms with E-state index >= 15 is 0 Å². The van der Waals surface area contributed by atoms with Gasteiger partial charge >= 0.3 is 12.1 Å². The maximum absolute atomic E-state index is 12.2. The Morgan fingerprint density at radius 3 is 2.62 bits per heavy atom. The number of pyridine rings is 1. The van der Waals surface area contributed by atoms with Crippen molar-refractivity contribution in [2.75, 3.05) is 5.73 Å². The molecule has 0 aliphatic heterocycles. The Morgan fingerprint density at radius 2 is 2.04 bits per heavy atom. The van der Waals surface area contributed by atoms with E-state index in [4.69, 9.17) is 15.2 Å². The zero-order valence-corrected chi connectivity index (χ0v) is 15.9. The number of carbonyl (C=O) groups is 2. The van der Waals surface area contributed by atoms with Gasteiger partial charge in [-0.2, -0.15) is 0 Å². The van der Waals surface area contributed by atoms with Gasteiger partial charge in [0.1, 0.15) is 11.7 Å². The Bertz CT molecular complexity index is 709. The minimum Gasteiger partial charge on any atom is -0.460 e. The molecule has 1 aliphatic rings. The summed E-state index contributed by atoms with van der Waals surface area (Å²) >= 11 is 0. The number of nitrogens with one attached hydrogen (secondary N) is 1. The van der Waals surface area contributed by atoms with Crippen LogP contribution in [0.1, 0.15) is 46.6 Å². The second-order valence-corrected chi connectivity index (χ2v) is 7.54. The van der Waals surface area contributed by atoms with Crippen LogP contribution in [0, 0.1) is 5.92 Å². The zero-order chi connectivity index (χ0) is 19.5. The van der Waals surface area contributed by atoms with E-state index in [9.17, 15) is 9.59 Å². The highest BCUT2D eigenvalue weighted by Crippen LogP contribution is 2.34. The molecule has 0 fully saturated rings. The fraction of sp³-hybridized carbons (Fsp3) is 0.526. The molecule has 0 aromatic carbocycles. The second kappa shape index (κ2) is 7.76. The standard InChI is InChI=1S/C19H27N3O4/c1-11-8-13(14-6-7-21-10-15(14)20)9-16(17(11)25-12(2)23)22-18(24)26-19(3,4)5/h6-8,10-11,16-17H,9,20H2,1-5H3,(H,22,24)/t11-,16+,17+/m1/s1. The van der Waals surface area contributed by atoms with Crippen molar-refractivity contribution in [3.05, 3.63) is 30.1 Å². The molecule has 7 nitrogen and oxygen atoms in total. The molecule has 26 heavy (non-hydrogen) atoms. The molecular weight excluding hydrogens is 334 g/mol.